The smallest absolute Gasteiger partial charge is 0.251 e. The van der Waals surface area contributed by atoms with Crippen LogP contribution >= 0.6 is 0 Å². The van der Waals surface area contributed by atoms with Crippen LogP contribution < -0.4 is 11.1 Å². The Morgan fingerprint density at radius 1 is 1.56 bits per heavy atom. The van der Waals surface area contributed by atoms with Crippen LogP contribution in [0.5, 0.6) is 0 Å². The van der Waals surface area contributed by atoms with E-state index in [1.165, 1.54) is 12.8 Å². The monoisotopic (exact) mass is 247 g/mol. The number of anilines is 1. The topological polar surface area (TPSA) is 68.0 Å². The van der Waals surface area contributed by atoms with E-state index >= 15 is 0 Å². The van der Waals surface area contributed by atoms with Crippen LogP contribution in [0, 0.1) is 11.8 Å². The number of aromatic nitrogens is 1. The van der Waals surface area contributed by atoms with Gasteiger partial charge in [-0.05, 0) is 36.8 Å². The van der Waals surface area contributed by atoms with Crippen molar-refractivity contribution in [2.24, 2.45) is 11.8 Å². The molecule has 0 spiro atoms. The van der Waals surface area contributed by atoms with E-state index < -0.39 is 0 Å². The predicted molar refractivity (Wildman–Crippen MR) is 72.1 cm³/mol. The van der Waals surface area contributed by atoms with Crippen molar-refractivity contribution in [3.63, 3.8) is 0 Å². The fraction of sp³-hybridized carbons (Fsp3) is 0.571. The SMILES string of the molecule is CCC1CCC(NC(=O)c2ccnc(N)c2)C1C. The molecule has 3 N–H and O–H groups in total. The van der Waals surface area contributed by atoms with Gasteiger partial charge in [-0.15, -0.1) is 0 Å². The van der Waals surface area contributed by atoms with E-state index in [0.29, 0.717) is 17.3 Å². The molecule has 1 aromatic heterocycles. The van der Waals surface area contributed by atoms with Crippen LogP contribution in [0.4, 0.5) is 5.82 Å². The number of hydrogen-bond acceptors (Lipinski definition) is 3. The maximum absolute atomic E-state index is 12.1. The van der Waals surface area contributed by atoms with Crippen molar-refractivity contribution in [2.75, 3.05) is 5.73 Å². The normalized spacial score (nSPS) is 27.1. The van der Waals surface area contributed by atoms with E-state index in [1.54, 1.807) is 18.3 Å². The molecule has 4 heteroatoms. The molecule has 1 fully saturated rings. The number of nitrogens with zero attached hydrogens (tertiary/aromatic N) is 1. The predicted octanol–water partition coefficient (Wildman–Crippen LogP) is 2.22. The molecule has 98 valence electrons. The number of amides is 1. The highest BCUT2D eigenvalue weighted by atomic mass is 16.1. The third-order valence-corrected chi connectivity index (χ3v) is 4.11. The van der Waals surface area contributed by atoms with E-state index in [-0.39, 0.29) is 11.9 Å². The minimum Gasteiger partial charge on any atom is -0.384 e. The van der Waals surface area contributed by atoms with Gasteiger partial charge in [-0.3, -0.25) is 4.79 Å². The first-order valence-corrected chi connectivity index (χ1v) is 6.64. The molecule has 0 bridgehead atoms. The van der Waals surface area contributed by atoms with Crippen LogP contribution in [0.3, 0.4) is 0 Å². The molecular formula is C14H21N3O. The van der Waals surface area contributed by atoms with Crippen LogP contribution in [-0.2, 0) is 0 Å². The molecule has 1 aliphatic carbocycles. The van der Waals surface area contributed by atoms with Gasteiger partial charge in [0.05, 0.1) is 0 Å². The first-order chi connectivity index (χ1) is 8.61. The second-order valence-corrected chi connectivity index (χ2v) is 5.15. The zero-order valence-corrected chi connectivity index (χ0v) is 11.0. The maximum Gasteiger partial charge on any atom is 0.251 e. The highest BCUT2D eigenvalue weighted by molar-refractivity contribution is 5.94. The Morgan fingerprint density at radius 2 is 2.33 bits per heavy atom. The quantitative estimate of drug-likeness (QED) is 0.860. The zero-order chi connectivity index (χ0) is 13.1. The highest BCUT2D eigenvalue weighted by Gasteiger charge is 2.32. The fourth-order valence-corrected chi connectivity index (χ4v) is 2.87. The van der Waals surface area contributed by atoms with Gasteiger partial charge in [-0.2, -0.15) is 0 Å². The van der Waals surface area contributed by atoms with Gasteiger partial charge in [0.15, 0.2) is 0 Å². The van der Waals surface area contributed by atoms with Crippen molar-refractivity contribution >= 4 is 11.7 Å². The van der Waals surface area contributed by atoms with Crippen molar-refractivity contribution in [1.82, 2.24) is 10.3 Å². The Labute approximate surface area is 108 Å². The second kappa shape index (κ2) is 5.38. The Bertz CT molecular complexity index is 433. The highest BCUT2D eigenvalue weighted by Crippen LogP contribution is 2.33. The first-order valence-electron chi connectivity index (χ1n) is 6.64. The summed E-state index contributed by atoms with van der Waals surface area (Å²) in [4.78, 5) is 16.0. The lowest BCUT2D eigenvalue weighted by molar-refractivity contribution is 0.0926. The molecule has 3 atom stereocenters. The number of nitrogen functional groups attached to an aromatic ring is 1. The van der Waals surface area contributed by atoms with E-state index in [9.17, 15) is 4.79 Å². The average Bonchev–Trinajstić information content (AvgIpc) is 2.70. The van der Waals surface area contributed by atoms with Gasteiger partial charge in [-0.25, -0.2) is 4.98 Å². The molecule has 1 heterocycles. The van der Waals surface area contributed by atoms with Crippen LogP contribution in [0.25, 0.3) is 0 Å². The summed E-state index contributed by atoms with van der Waals surface area (Å²) in [6.45, 7) is 4.45. The standard InChI is InChI=1S/C14H21N3O/c1-3-10-4-5-12(9(10)2)17-14(18)11-6-7-16-13(15)8-11/h6-10,12H,3-5H2,1-2H3,(H2,15,16)(H,17,18). The lowest BCUT2D eigenvalue weighted by Crippen LogP contribution is -2.37. The van der Waals surface area contributed by atoms with Crippen LogP contribution in [0.15, 0.2) is 18.3 Å². The van der Waals surface area contributed by atoms with E-state index in [4.69, 9.17) is 5.73 Å². The van der Waals surface area contributed by atoms with Gasteiger partial charge in [0.1, 0.15) is 5.82 Å². The molecule has 4 nitrogen and oxygen atoms in total. The van der Waals surface area contributed by atoms with E-state index in [2.05, 4.69) is 24.1 Å². The number of hydrogen-bond donors (Lipinski definition) is 2. The Balaban J connectivity index is 2.00. The van der Waals surface area contributed by atoms with Crippen molar-refractivity contribution in [3.8, 4) is 0 Å². The van der Waals surface area contributed by atoms with Crippen molar-refractivity contribution in [3.05, 3.63) is 23.9 Å². The number of carbonyl (C=O) groups is 1. The molecule has 0 aromatic carbocycles. The third kappa shape index (κ3) is 2.63. The van der Waals surface area contributed by atoms with Crippen molar-refractivity contribution in [1.29, 1.82) is 0 Å². The van der Waals surface area contributed by atoms with Crippen molar-refractivity contribution < 1.29 is 4.79 Å². The Kier molecular flexibility index (Phi) is 3.84. The molecule has 1 aromatic rings. The number of nitrogens with one attached hydrogen (secondary N) is 1. The summed E-state index contributed by atoms with van der Waals surface area (Å²) >= 11 is 0. The molecule has 1 amide bonds. The zero-order valence-electron chi connectivity index (χ0n) is 11.0. The van der Waals surface area contributed by atoms with Crippen LogP contribution in [0.1, 0.15) is 43.5 Å². The van der Waals surface area contributed by atoms with Crippen LogP contribution in [0.2, 0.25) is 0 Å². The summed E-state index contributed by atoms with van der Waals surface area (Å²) in [7, 11) is 0. The first kappa shape index (κ1) is 12.9. The summed E-state index contributed by atoms with van der Waals surface area (Å²) in [6.07, 6.45) is 5.04. The van der Waals surface area contributed by atoms with Gasteiger partial charge < -0.3 is 11.1 Å². The summed E-state index contributed by atoms with van der Waals surface area (Å²) in [5.41, 5.74) is 6.18. The molecule has 3 unspecified atom stereocenters. The van der Waals surface area contributed by atoms with Gasteiger partial charge in [0.2, 0.25) is 0 Å². The van der Waals surface area contributed by atoms with Gasteiger partial charge in [-0.1, -0.05) is 20.3 Å². The molecule has 0 saturated heterocycles. The molecule has 0 aliphatic heterocycles. The van der Waals surface area contributed by atoms with Crippen molar-refractivity contribution in [2.45, 2.75) is 39.2 Å². The summed E-state index contributed by atoms with van der Waals surface area (Å²) < 4.78 is 0. The molecule has 2 rings (SSSR count). The fourth-order valence-electron chi connectivity index (χ4n) is 2.87. The third-order valence-electron chi connectivity index (χ3n) is 4.11. The molecular weight excluding hydrogens is 226 g/mol. The number of pyridine rings is 1. The summed E-state index contributed by atoms with van der Waals surface area (Å²) in [6, 6.07) is 3.60. The van der Waals surface area contributed by atoms with E-state index in [0.717, 1.165) is 12.3 Å². The largest absolute Gasteiger partial charge is 0.384 e. The molecule has 18 heavy (non-hydrogen) atoms. The van der Waals surface area contributed by atoms with Gasteiger partial charge in [0, 0.05) is 17.8 Å². The number of carbonyl (C=O) groups excluding carboxylic acids is 1. The molecule has 0 radical (unpaired) electrons. The minimum absolute atomic E-state index is 0.0438. The number of nitrogens with two attached hydrogens (primary N) is 1. The maximum atomic E-state index is 12.1. The van der Waals surface area contributed by atoms with Crippen LogP contribution in [-0.4, -0.2) is 16.9 Å². The molecule has 1 saturated carbocycles. The second-order valence-electron chi connectivity index (χ2n) is 5.15. The Morgan fingerprint density at radius 3 is 2.94 bits per heavy atom. The Hall–Kier alpha value is -1.58. The summed E-state index contributed by atoms with van der Waals surface area (Å²) in [5.74, 6) is 1.63. The molecule has 1 aliphatic rings. The average molecular weight is 247 g/mol. The summed E-state index contributed by atoms with van der Waals surface area (Å²) in [5, 5.41) is 3.11. The lowest BCUT2D eigenvalue weighted by Gasteiger charge is -2.21. The van der Waals surface area contributed by atoms with E-state index in [1.807, 2.05) is 0 Å². The number of rotatable bonds is 3. The lowest BCUT2D eigenvalue weighted by atomic mass is 9.93. The van der Waals surface area contributed by atoms with Gasteiger partial charge >= 0.3 is 0 Å². The minimum atomic E-state index is -0.0438. The van der Waals surface area contributed by atoms with Gasteiger partial charge in [0.25, 0.3) is 5.91 Å².